The molecule has 0 fully saturated rings. The lowest BCUT2D eigenvalue weighted by molar-refractivity contribution is -0.118. The van der Waals surface area contributed by atoms with Gasteiger partial charge in [-0.25, -0.2) is 0 Å². The van der Waals surface area contributed by atoms with Gasteiger partial charge in [-0.15, -0.1) is 11.8 Å². The van der Waals surface area contributed by atoms with Crippen LogP contribution in [0.3, 0.4) is 0 Å². The molecule has 0 saturated carbocycles. The Morgan fingerprint density at radius 1 is 1.12 bits per heavy atom. The lowest BCUT2D eigenvalue weighted by Gasteiger charge is -2.07. The quantitative estimate of drug-likeness (QED) is 0.537. The number of amides is 2. The topological polar surface area (TPSA) is 80.6 Å². The third-order valence-corrected chi connectivity index (χ3v) is 3.99. The van der Waals surface area contributed by atoms with E-state index in [9.17, 15) is 9.59 Å². The number of nitrogens with one attached hydrogen (secondary N) is 2. The smallest absolute Gasteiger partial charge is 0.287 e. The summed E-state index contributed by atoms with van der Waals surface area (Å²) < 4.78 is 10.3. The van der Waals surface area contributed by atoms with E-state index in [-0.39, 0.29) is 17.6 Å². The van der Waals surface area contributed by atoms with Crippen molar-refractivity contribution in [2.24, 2.45) is 0 Å². The summed E-state index contributed by atoms with van der Waals surface area (Å²) in [6.07, 6.45) is 1.44. The molecule has 1 aromatic heterocycles. The van der Waals surface area contributed by atoms with E-state index in [1.807, 2.05) is 31.2 Å². The summed E-state index contributed by atoms with van der Waals surface area (Å²) in [4.78, 5) is 24.4. The largest absolute Gasteiger partial charge is 0.494 e. The normalized spacial score (nSPS) is 10.2. The van der Waals surface area contributed by atoms with Crippen LogP contribution in [0.25, 0.3) is 0 Å². The van der Waals surface area contributed by atoms with E-state index in [1.54, 1.807) is 12.1 Å². The van der Waals surface area contributed by atoms with Crippen LogP contribution in [-0.2, 0) is 4.79 Å². The minimum Gasteiger partial charge on any atom is -0.494 e. The second-order valence-corrected chi connectivity index (χ2v) is 5.83. The maximum Gasteiger partial charge on any atom is 0.287 e. The molecule has 128 valence electrons. The van der Waals surface area contributed by atoms with Crippen LogP contribution in [0.2, 0.25) is 0 Å². The first-order valence-electron chi connectivity index (χ1n) is 7.63. The van der Waals surface area contributed by atoms with Gasteiger partial charge in [0.25, 0.3) is 5.91 Å². The number of hydrogen-bond donors (Lipinski definition) is 2. The minimum atomic E-state index is -0.294. The summed E-state index contributed by atoms with van der Waals surface area (Å²) >= 11 is 1.45. The maximum absolute atomic E-state index is 11.8. The average molecular weight is 348 g/mol. The van der Waals surface area contributed by atoms with Gasteiger partial charge in [-0.3, -0.25) is 9.59 Å². The lowest BCUT2D eigenvalue weighted by atomic mass is 10.3. The number of benzene rings is 1. The third kappa shape index (κ3) is 6.00. The van der Waals surface area contributed by atoms with E-state index in [0.29, 0.717) is 25.4 Å². The number of carbonyl (C=O) groups is 2. The number of hydrogen-bond acceptors (Lipinski definition) is 5. The molecule has 24 heavy (non-hydrogen) atoms. The van der Waals surface area contributed by atoms with Gasteiger partial charge < -0.3 is 19.8 Å². The Morgan fingerprint density at radius 3 is 2.54 bits per heavy atom. The molecule has 2 N–H and O–H groups in total. The standard InChI is InChI=1S/C17H20N2O4S/c1-2-22-13-5-7-14(8-6-13)24-12-16(20)18-9-10-19-17(21)15-4-3-11-23-15/h3-8,11H,2,9-10,12H2,1H3,(H,18,20)(H,19,21). The zero-order valence-corrected chi connectivity index (χ0v) is 14.2. The summed E-state index contributed by atoms with van der Waals surface area (Å²) in [7, 11) is 0. The van der Waals surface area contributed by atoms with Crippen LogP contribution in [0.1, 0.15) is 17.5 Å². The van der Waals surface area contributed by atoms with Crippen LogP contribution >= 0.6 is 11.8 Å². The number of ether oxygens (including phenoxy) is 1. The SMILES string of the molecule is CCOc1ccc(SCC(=O)NCCNC(=O)c2ccco2)cc1. The molecule has 2 aromatic rings. The van der Waals surface area contributed by atoms with Crippen LogP contribution < -0.4 is 15.4 Å². The van der Waals surface area contributed by atoms with Crippen molar-refractivity contribution >= 4 is 23.6 Å². The molecule has 0 bridgehead atoms. The third-order valence-electron chi connectivity index (χ3n) is 2.98. The van der Waals surface area contributed by atoms with E-state index in [1.165, 1.54) is 18.0 Å². The summed E-state index contributed by atoms with van der Waals surface area (Å²) in [5, 5.41) is 5.42. The van der Waals surface area contributed by atoms with Crippen molar-refractivity contribution in [1.82, 2.24) is 10.6 Å². The van der Waals surface area contributed by atoms with Gasteiger partial charge in [0.05, 0.1) is 18.6 Å². The molecular formula is C17H20N2O4S. The Balaban J connectivity index is 1.60. The van der Waals surface area contributed by atoms with Gasteiger partial charge in [0.15, 0.2) is 5.76 Å². The van der Waals surface area contributed by atoms with Crippen LogP contribution in [0.15, 0.2) is 52.0 Å². The highest BCUT2D eigenvalue weighted by atomic mass is 32.2. The summed E-state index contributed by atoms with van der Waals surface area (Å²) in [5.74, 6) is 1.02. The molecule has 0 atom stereocenters. The van der Waals surface area contributed by atoms with E-state index in [4.69, 9.17) is 9.15 Å². The summed E-state index contributed by atoms with van der Waals surface area (Å²) in [6.45, 7) is 3.28. The van der Waals surface area contributed by atoms with E-state index in [2.05, 4.69) is 10.6 Å². The van der Waals surface area contributed by atoms with Crippen LogP contribution in [0.5, 0.6) is 5.75 Å². The number of thioether (sulfide) groups is 1. The van der Waals surface area contributed by atoms with Crippen molar-refractivity contribution in [1.29, 1.82) is 0 Å². The van der Waals surface area contributed by atoms with Gasteiger partial charge in [-0.2, -0.15) is 0 Å². The highest BCUT2D eigenvalue weighted by molar-refractivity contribution is 8.00. The Kier molecular flexibility index (Phi) is 7.22. The molecule has 0 saturated heterocycles. The van der Waals surface area contributed by atoms with Crippen LogP contribution in [0.4, 0.5) is 0 Å². The Labute approximate surface area is 144 Å². The molecule has 0 unspecified atom stereocenters. The van der Waals surface area contributed by atoms with Crippen molar-refractivity contribution in [2.45, 2.75) is 11.8 Å². The fourth-order valence-corrected chi connectivity index (χ4v) is 2.60. The Bertz CT molecular complexity index is 641. The fourth-order valence-electron chi connectivity index (χ4n) is 1.87. The Morgan fingerprint density at radius 2 is 1.88 bits per heavy atom. The van der Waals surface area contributed by atoms with Crippen LogP contribution in [-0.4, -0.2) is 37.3 Å². The second kappa shape index (κ2) is 9.67. The van der Waals surface area contributed by atoms with Crippen molar-refractivity contribution in [3.05, 3.63) is 48.4 Å². The first kappa shape index (κ1) is 17.9. The predicted octanol–water partition coefficient (Wildman–Crippen LogP) is 2.32. The molecule has 0 radical (unpaired) electrons. The first-order valence-corrected chi connectivity index (χ1v) is 8.61. The summed E-state index contributed by atoms with van der Waals surface area (Å²) in [5.41, 5.74) is 0. The van der Waals surface area contributed by atoms with Gasteiger partial charge in [-0.1, -0.05) is 0 Å². The predicted molar refractivity (Wildman–Crippen MR) is 92.4 cm³/mol. The molecule has 1 aromatic carbocycles. The lowest BCUT2D eigenvalue weighted by Crippen LogP contribution is -2.35. The van der Waals surface area contributed by atoms with Crippen molar-refractivity contribution < 1.29 is 18.7 Å². The highest BCUT2D eigenvalue weighted by Gasteiger charge is 2.07. The molecule has 2 rings (SSSR count). The molecule has 0 aliphatic heterocycles. The number of furan rings is 1. The zero-order chi connectivity index (χ0) is 17.2. The van der Waals surface area contributed by atoms with Gasteiger partial charge in [0, 0.05) is 18.0 Å². The summed E-state index contributed by atoms with van der Waals surface area (Å²) in [6, 6.07) is 10.8. The maximum atomic E-state index is 11.8. The van der Waals surface area contributed by atoms with E-state index >= 15 is 0 Å². The zero-order valence-electron chi connectivity index (χ0n) is 13.4. The first-order chi connectivity index (χ1) is 11.7. The van der Waals surface area contributed by atoms with Gasteiger partial charge in [0.1, 0.15) is 5.75 Å². The van der Waals surface area contributed by atoms with Crippen molar-refractivity contribution in [3.8, 4) is 5.75 Å². The van der Waals surface area contributed by atoms with Gasteiger partial charge in [-0.05, 0) is 43.3 Å². The molecule has 0 spiro atoms. The highest BCUT2D eigenvalue weighted by Crippen LogP contribution is 2.21. The van der Waals surface area contributed by atoms with E-state index < -0.39 is 0 Å². The van der Waals surface area contributed by atoms with E-state index in [0.717, 1.165) is 10.6 Å². The van der Waals surface area contributed by atoms with Crippen molar-refractivity contribution in [3.63, 3.8) is 0 Å². The van der Waals surface area contributed by atoms with Crippen LogP contribution in [0, 0.1) is 0 Å². The second-order valence-electron chi connectivity index (χ2n) is 4.78. The molecule has 0 aliphatic rings. The molecule has 6 nitrogen and oxygen atoms in total. The number of rotatable bonds is 9. The van der Waals surface area contributed by atoms with Gasteiger partial charge >= 0.3 is 0 Å². The molecule has 7 heteroatoms. The van der Waals surface area contributed by atoms with Gasteiger partial charge in [0.2, 0.25) is 5.91 Å². The monoisotopic (exact) mass is 348 g/mol. The minimum absolute atomic E-state index is 0.0823. The molecule has 1 heterocycles. The van der Waals surface area contributed by atoms with Crippen molar-refractivity contribution in [2.75, 3.05) is 25.4 Å². The Hall–Kier alpha value is -2.41. The average Bonchev–Trinajstić information content (AvgIpc) is 3.13. The molecule has 2 amide bonds. The molecule has 0 aliphatic carbocycles. The molecular weight excluding hydrogens is 328 g/mol. The fraction of sp³-hybridized carbons (Fsp3) is 0.294. The number of carbonyl (C=O) groups excluding carboxylic acids is 2.